The van der Waals surface area contributed by atoms with Gasteiger partial charge in [-0.3, -0.25) is 4.55 Å². The maximum Gasteiger partial charge on any atom is 0.296 e. The number of azo groups is 1. The molecule has 0 amide bonds. The van der Waals surface area contributed by atoms with Crippen molar-refractivity contribution in [3.05, 3.63) is 72.0 Å². The van der Waals surface area contributed by atoms with Gasteiger partial charge >= 0.3 is 0 Å². The molecule has 7 N–H and O–H groups in total. The van der Waals surface area contributed by atoms with Gasteiger partial charge in [-0.1, -0.05) is 28.3 Å². The van der Waals surface area contributed by atoms with Gasteiger partial charge in [-0.25, -0.2) is 10.5 Å². The Labute approximate surface area is 284 Å². The number of anilines is 5. The van der Waals surface area contributed by atoms with E-state index in [1.807, 2.05) is 30.3 Å². The van der Waals surface area contributed by atoms with Crippen LogP contribution in [0.2, 0.25) is 5.28 Å². The lowest BCUT2D eigenvalue weighted by Crippen LogP contribution is -2.14. The van der Waals surface area contributed by atoms with Crippen molar-refractivity contribution in [2.45, 2.75) is 14.7 Å². The van der Waals surface area contributed by atoms with Crippen LogP contribution in [0.5, 0.6) is 5.75 Å². The molecule has 0 spiro atoms. The fraction of sp³-hybridized carbons (Fsp3) is 0.0385. The summed E-state index contributed by atoms with van der Waals surface area (Å²) in [7, 11) is -3.17. The number of benzene rings is 4. The van der Waals surface area contributed by atoms with Gasteiger partial charge in [0.15, 0.2) is 0 Å². The number of fused-ring (bicyclic) bond motifs is 1. The molecule has 1 heterocycles. The van der Waals surface area contributed by atoms with Gasteiger partial charge < -0.3 is 21.1 Å². The summed E-state index contributed by atoms with van der Waals surface area (Å²) >= 11 is 7.18. The molecule has 0 aliphatic heterocycles. The minimum absolute atomic E-state index is 0.0324. The molecule has 48 heavy (non-hydrogen) atoms. The summed E-state index contributed by atoms with van der Waals surface area (Å²) in [5, 5.41) is 46.3. The molecule has 0 saturated heterocycles. The first kappa shape index (κ1) is 34.9. The van der Waals surface area contributed by atoms with E-state index in [0.29, 0.717) is 24.1 Å². The molecule has 18 nitrogen and oxygen atoms in total. The Morgan fingerprint density at radius 2 is 1.69 bits per heavy atom. The summed E-state index contributed by atoms with van der Waals surface area (Å²) < 4.78 is 43.9. The Balaban J connectivity index is 1.53. The van der Waals surface area contributed by atoms with Gasteiger partial charge in [0.25, 0.3) is 10.1 Å². The molecule has 0 fully saturated rings. The molecule has 0 aliphatic carbocycles. The molecule has 0 atom stereocenters. The molecular formula is C26H21ClN8O10S3. The number of phenolic OH excluding ortho intramolecular Hbond substituents is 1. The fourth-order valence-corrected chi connectivity index (χ4v) is 5.93. The zero-order chi connectivity index (χ0) is 34.4. The molecule has 250 valence electrons. The van der Waals surface area contributed by atoms with Crippen LogP contribution < -0.4 is 16.0 Å². The number of aromatic hydroxyl groups is 1. The maximum absolute atomic E-state index is 12.4. The quantitative estimate of drug-likeness (QED) is 0.0177. The third-order valence-electron chi connectivity index (χ3n) is 6.27. The van der Waals surface area contributed by atoms with Gasteiger partial charge in [0.05, 0.1) is 40.1 Å². The first-order valence-electron chi connectivity index (χ1n) is 12.9. The van der Waals surface area contributed by atoms with Crippen LogP contribution in [0, 0.1) is 0 Å². The maximum atomic E-state index is 12.4. The highest BCUT2D eigenvalue weighted by molar-refractivity contribution is 7.95. The van der Waals surface area contributed by atoms with E-state index in [9.17, 15) is 18.1 Å². The second kappa shape index (κ2) is 15.2. The highest BCUT2D eigenvalue weighted by Crippen LogP contribution is 2.46. The van der Waals surface area contributed by atoms with E-state index in [2.05, 4.69) is 49.2 Å². The van der Waals surface area contributed by atoms with Crippen molar-refractivity contribution in [3.63, 3.8) is 0 Å². The minimum atomic E-state index is -4.89. The lowest BCUT2D eigenvalue weighted by Gasteiger charge is -2.17. The van der Waals surface area contributed by atoms with Crippen LogP contribution in [0.3, 0.4) is 0 Å². The van der Waals surface area contributed by atoms with E-state index in [-0.39, 0.29) is 66.2 Å². The Hall–Kier alpha value is -4.39. The van der Waals surface area contributed by atoms with E-state index in [1.165, 1.54) is 30.3 Å². The van der Waals surface area contributed by atoms with Crippen molar-refractivity contribution in [1.82, 2.24) is 15.0 Å². The van der Waals surface area contributed by atoms with Crippen LogP contribution in [-0.2, 0) is 28.9 Å². The van der Waals surface area contributed by atoms with Crippen LogP contribution in [0.25, 0.3) is 10.8 Å². The Morgan fingerprint density at radius 3 is 2.40 bits per heavy atom. The molecule has 0 unspecified atom stereocenters. The number of nitrogens with one attached hydrogen (secondary N) is 1. The fourth-order valence-electron chi connectivity index (χ4n) is 4.22. The summed E-state index contributed by atoms with van der Waals surface area (Å²) in [6, 6.07) is 17.1. The number of nitrogens with zero attached hydrogens (tertiary/aromatic N) is 6. The molecule has 22 heteroatoms. The van der Waals surface area contributed by atoms with Gasteiger partial charge in [0.1, 0.15) is 22.0 Å². The van der Waals surface area contributed by atoms with Crippen LogP contribution in [0.1, 0.15) is 0 Å². The average Bonchev–Trinajstić information content (AvgIpc) is 3.06. The number of hydrogen-bond acceptors (Lipinski definition) is 19. The number of para-hydroxylation sites is 1. The van der Waals surface area contributed by atoms with Crippen molar-refractivity contribution in [1.29, 1.82) is 0 Å². The lowest BCUT2D eigenvalue weighted by molar-refractivity contribution is -0.432. The second-order valence-corrected chi connectivity index (χ2v) is 12.5. The Kier molecular flexibility index (Phi) is 11.1. The summed E-state index contributed by atoms with van der Waals surface area (Å²) in [4.78, 5) is 13.9. The number of phenols is 1. The molecule has 5 rings (SSSR count). The summed E-state index contributed by atoms with van der Waals surface area (Å²) in [5.41, 5.74) is 6.56. The first-order valence-corrected chi connectivity index (χ1v) is 16.2. The van der Waals surface area contributed by atoms with Crippen molar-refractivity contribution < 1.29 is 47.3 Å². The molecular weight excluding hydrogens is 716 g/mol. The van der Waals surface area contributed by atoms with E-state index >= 15 is 0 Å². The number of nitrogens with two attached hydrogens (primary N) is 1. The molecule has 0 saturated carbocycles. The number of hydrogen-bond donors (Lipinski definition) is 6. The summed E-state index contributed by atoms with van der Waals surface area (Å²) in [6.07, 6.45) is 0. The molecule has 4 aromatic carbocycles. The molecule has 5 aromatic rings. The molecule has 0 radical (unpaired) electrons. The topological polar surface area (TPSA) is 257 Å². The van der Waals surface area contributed by atoms with Gasteiger partial charge in [0.2, 0.25) is 17.2 Å². The Bertz CT molecular complexity index is 2100. The zero-order valence-corrected chi connectivity index (χ0v) is 27.2. The van der Waals surface area contributed by atoms with Gasteiger partial charge in [-0.2, -0.15) is 23.4 Å². The zero-order valence-electron chi connectivity index (χ0n) is 24.0. The normalized spacial score (nSPS) is 11.8. The predicted octanol–water partition coefficient (Wildman–Crippen LogP) is 7.00. The largest absolute Gasteiger partial charge is 0.507 e. The number of nitrogen functional groups attached to an aromatic ring is 1. The van der Waals surface area contributed by atoms with E-state index in [1.54, 1.807) is 11.9 Å². The van der Waals surface area contributed by atoms with E-state index in [0.717, 1.165) is 11.8 Å². The van der Waals surface area contributed by atoms with E-state index < -0.39 is 15.0 Å². The SMILES string of the molecule is CN(c1ccccc1)c1nc(Cl)nc(Nc2ccc(N=Nc3c(N)c(SOOO)cc4cc(SOOO)cc(O)c34)c(S(=O)(=O)O)c2)n1. The standard InChI is InChI=1S/C26H21ClN8O10S3/c1-35(15-5-3-2-4-6-15)26-31-24(27)30-25(32-26)29-14-7-8-17(20(11-14)48(39,40)41)33-34-23-21-13(10-19(22(23)28)47-45-43-38)9-16(12-18(21)36)46-44-42-37/h2-12,36-38H,28H2,1H3,(H,39,40,41)(H,29,30,31,32). The van der Waals surface area contributed by atoms with Gasteiger partial charge in [-0.05, 0) is 65.5 Å². The summed E-state index contributed by atoms with van der Waals surface area (Å²) in [6.45, 7) is 0. The Morgan fingerprint density at radius 1 is 0.958 bits per heavy atom. The van der Waals surface area contributed by atoms with Crippen LogP contribution >= 0.6 is 35.7 Å². The van der Waals surface area contributed by atoms with Crippen LogP contribution in [0.4, 0.5) is 40.3 Å². The average molecular weight is 737 g/mol. The predicted molar refractivity (Wildman–Crippen MR) is 174 cm³/mol. The number of halogens is 1. The van der Waals surface area contributed by atoms with E-state index in [4.69, 9.17) is 27.8 Å². The van der Waals surface area contributed by atoms with Crippen molar-refractivity contribution in [3.8, 4) is 5.75 Å². The van der Waals surface area contributed by atoms with Crippen LogP contribution in [-0.4, -0.2) is 50.6 Å². The molecule has 0 aliphatic rings. The highest BCUT2D eigenvalue weighted by atomic mass is 35.5. The third-order valence-corrected chi connectivity index (χ3v) is 8.53. The van der Waals surface area contributed by atoms with Crippen LogP contribution in [0.15, 0.2) is 91.6 Å². The minimum Gasteiger partial charge on any atom is -0.507 e. The van der Waals surface area contributed by atoms with Crippen molar-refractivity contribution in [2.24, 2.45) is 10.2 Å². The smallest absolute Gasteiger partial charge is 0.296 e. The third kappa shape index (κ3) is 8.18. The van der Waals surface area contributed by atoms with Crippen molar-refractivity contribution >= 4 is 96.9 Å². The monoisotopic (exact) mass is 736 g/mol. The molecule has 0 bridgehead atoms. The van der Waals surface area contributed by atoms with Gasteiger partial charge in [0, 0.05) is 23.3 Å². The van der Waals surface area contributed by atoms with Crippen molar-refractivity contribution in [2.75, 3.05) is 23.0 Å². The summed E-state index contributed by atoms with van der Waals surface area (Å²) in [5.74, 6) is -0.209. The second-order valence-electron chi connectivity index (χ2n) is 9.23. The molecule has 1 aromatic heterocycles. The van der Waals surface area contributed by atoms with Gasteiger partial charge in [-0.15, -0.1) is 18.9 Å². The number of rotatable bonds is 13. The lowest BCUT2D eigenvalue weighted by atomic mass is 10.1. The highest BCUT2D eigenvalue weighted by Gasteiger charge is 2.21. The first-order chi connectivity index (χ1) is 23.0. The number of aromatic nitrogens is 3.